The molecule has 6 heteroatoms. The van der Waals surface area contributed by atoms with Gasteiger partial charge in [-0.1, -0.05) is 24.4 Å². The van der Waals surface area contributed by atoms with E-state index in [0.29, 0.717) is 16.3 Å². The number of furan rings is 1. The number of nitrogens with zero attached hydrogens (tertiary/aromatic N) is 1. The van der Waals surface area contributed by atoms with Crippen molar-refractivity contribution in [2.45, 2.75) is 25.7 Å². The number of rotatable bonds is 3. The predicted octanol–water partition coefficient (Wildman–Crippen LogP) is 4.20. The monoisotopic (exact) mass is 346 g/mol. The van der Waals surface area contributed by atoms with Crippen LogP contribution < -0.4 is 5.32 Å². The highest BCUT2D eigenvalue weighted by atomic mass is 35.5. The van der Waals surface area contributed by atoms with Gasteiger partial charge in [0, 0.05) is 18.1 Å². The first-order chi connectivity index (χ1) is 11.6. The molecule has 1 aromatic heterocycles. The first-order valence-electron chi connectivity index (χ1n) is 8.09. The largest absolute Gasteiger partial charge is 0.459 e. The lowest BCUT2D eigenvalue weighted by molar-refractivity contribution is 0.0762. The molecular weight excluding hydrogens is 328 g/mol. The van der Waals surface area contributed by atoms with Gasteiger partial charge in [0.25, 0.3) is 11.8 Å². The fourth-order valence-electron chi connectivity index (χ4n) is 2.84. The highest BCUT2D eigenvalue weighted by Crippen LogP contribution is 2.24. The number of nitrogens with one attached hydrogen (secondary N) is 1. The lowest BCUT2D eigenvalue weighted by Gasteiger charge is -2.22. The third-order valence-electron chi connectivity index (χ3n) is 4.10. The lowest BCUT2D eigenvalue weighted by Crippen LogP contribution is -2.32. The summed E-state index contributed by atoms with van der Waals surface area (Å²) in [5, 5.41) is 3.20. The second-order valence-corrected chi connectivity index (χ2v) is 6.26. The van der Waals surface area contributed by atoms with Gasteiger partial charge in [-0.15, -0.1) is 0 Å². The van der Waals surface area contributed by atoms with Crippen molar-refractivity contribution in [3.05, 3.63) is 52.9 Å². The van der Waals surface area contributed by atoms with Crippen LogP contribution in [-0.4, -0.2) is 29.8 Å². The van der Waals surface area contributed by atoms with Crippen LogP contribution in [0, 0.1) is 0 Å². The molecule has 24 heavy (non-hydrogen) atoms. The Hall–Kier alpha value is -2.27. The Labute approximate surface area is 145 Å². The molecule has 0 unspecified atom stereocenters. The molecule has 2 amide bonds. The molecule has 3 rings (SSSR count). The van der Waals surface area contributed by atoms with Crippen molar-refractivity contribution < 1.29 is 14.0 Å². The first kappa shape index (κ1) is 16.6. The van der Waals surface area contributed by atoms with Gasteiger partial charge in [-0.05, 0) is 43.2 Å². The van der Waals surface area contributed by atoms with Crippen molar-refractivity contribution in [2.24, 2.45) is 0 Å². The number of halogens is 1. The van der Waals surface area contributed by atoms with Gasteiger partial charge < -0.3 is 14.6 Å². The average molecular weight is 347 g/mol. The van der Waals surface area contributed by atoms with Crippen LogP contribution in [0.3, 0.4) is 0 Å². The maximum atomic E-state index is 12.9. The van der Waals surface area contributed by atoms with Gasteiger partial charge in [-0.2, -0.15) is 0 Å². The minimum absolute atomic E-state index is 0.103. The molecule has 1 fully saturated rings. The third-order valence-corrected chi connectivity index (χ3v) is 4.33. The maximum Gasteiger partial charge on any atom is 0.291 e. The molecule has 0 aliphatic carbocycles. The molecule has 0 spiro atoms. The molecule has 0 atom stereocenters. The van der Waals surface area contributed by atoms with Crippen molar-refractivity contribution in [1.29, 1.82) is 0 Å². The van der Waals surface area contributed by atoms with Crippen LogP contribution in [0.4, 0.5) is 5.69 Å². The molecule has 2 heterocycles. The molecule has 0 bridgehead atoms. The average Bonchev–Trinajstić information content (AvgIpc) is 2.99. The fourth-order valence-corrected chi connectivity index (χ4v) is 3.01. The van der Waals surface area contributed by atoms with E-state index in [9.17, 15) is 9.59 Å². The van der Waals surface area contributed by atoms with E-state index in [-0.39, 0.29) is 11.7 Å². The van der Waals surface area contributed by atoms with E-state index in [2.05, 4.69) is 5.32 Å². The smallest absolute Gasteiger partial charge is 0.291 e. The summed E-state index contributed by atoms with van der Waals surface area (Å²) in [4.78, 5) is 26.9. The molecule has 126 valence electrons. The number of hydrogen-bond acceptors (Lipinski definition) is 3. The minimum atomic E-state index is -0.396. The Balaban J connectivity index is 1.84. The van der Waals surface area contributed by atoms with Crippen LogP contribution >= 0.6 is 11.6 Å². The Morgan fingerprint density at radius 3 is 2.50 bits per heavy atom. The second-order valence-electron chi connectivity index (χ2n) is 5.83. The van der Waals surface area contributed by atoms with Gasteiger partial charge in [-0.3, -0.25) is 9.59 Å². The summed E-state index contributed by atoms with van der Waals surface area (Å²) >= 11 is 6.07. The predicted molar refractivity (Wildman–Crippen MR) is 92.5 cm³/mol. The number of anilines is 1. The van der Waals surface area contributed by atoms with E-state index < -0.39 is 5.91 Å². The standard InChI is InChI=1S/C18H19ClN2O3/c19-13-7-8-15(20-17(22)16-6-5-11-24-16)14(12-13)18(23)21-9-3-1-2-4-10-21/h5-8,11-12H,1-4,9-10H2,(H,20,22). The number of carbonyl (C=O) groups is 2. The maximum absolute atomic E-state index is 12.9. The van der Waals surface area contributed by atoms with Crippen LogP contribution in [-0.2, 0) is 0 Å². The SMILES string of the molecule is O=C(Nc1ccc(Cl)cc1C(=O)N1CCCCCC1)c1ccco1. The molecule has 0 saturated carbocycles. The summed E-state index contributed by atoms with van der Waals surface area (Å²) in [5.41, 5.74) is 0.847. The Morgan fingerprint density at radius 2 is 1.83 bits per heavy atom. The van der Waals surface area contributed by atoms with Gasteiger partial charge in [0.1, 0.15) is 0 Å². The second kappa shape index (κ2) is 7.53. The van der Waals surface area contributed by atoms with Gasteiger partial charge in [0.05, 0.1) is 17.5 Å². The van der Waals surface area contributed by atoms with Crippen LogP contribution in [0.5, 0.6) is 0 Å². The first-order valence-corrected chi connectivity index (χ1v) is 8.46. The van der Waals surface area contributed by atoms with Gasteiger partial charge in [-0.25, -0.2) is 0 Å². The van der Waals surface area contributed by atoms with Crippen LogP contribution in [0.2, 0.25) is 5.02 Å². The number of amides is 2. The highest BCUT2D eigenvalue weighted by molar-refractivity contribution is 6.31. The van der Waals surface area contributed by atoms with Gasteiger partial charge in [0.15, 0.2) is 5.76 Å². The van der Waals surface area contributed by atoms with Crippen molar-refractivity contribution >= 4 is 29.1 Å². The molecule has 2 aromatic rings. The molecule has 1 aliphatic rings. The molecule has 0 radical (unpaired) electrons. The summed E-state index contributed by atoms with van der Waals surface area (Å²) in [6, 6.07) is 8.11. The topological polar surface area (TPSA) is 62.6 Å². The summed E-state index contributed by atoms with van der Waals surface area (Å²) in [5.74, 6) is -0.306. The zero-order valence-electron chi connectivity index (χ0n) is 13.3. The highest BCUT2D eigenvalue weighted by Gasteiger charge is 2.22. The molecule has 1 N–H and O–H groups in total. The van der Waals surface area contributed by atoms with E-state index in [1.165, 1.54) is 6.26 Å². The summed E-state index contributed by atoms with van der Waals surface area (Å²) in [6.07, 6.45) is 5.71. The zero-order valence-corrected chi connectivity index (χ0v) is 14.0. The quantitative estimate of drug-likeness (QED) is 0.905. The Bertz CT molecular complexity index is 720. The van der Waals surface area contributed by atoms with E-state index in [4.69, 9.17) is 16.0 Å². The van der Waals surface area contributed by atoms with Gasteiger partial charge >= 0.3 is 0 Å². The number of benzene rings is 1. The molecule has 5 nitrogen and oxygen atoms in total. The van der Waals surface area contributed by atoms with E-state index in [1.807, 2.05) is 4.90 Å². The normalized spacial score (nSPS) is 15.0. The summed E-state index contributed by atoms with van der Waals surface area (Å²) in [7, 11) is 0. The van der Waals surface area contributed by atoms with Crippen LogP contribution in [0.1, 0.15) is 46.6 Å². The summed E-state index contributed by atoms with van der Waals surface area (Å²) < 4.78 is 5.09. The molecular formula is C18H19ClN2O3. The lowest BCUT2D eigenvalue weighted by atomic mass is 10.1. The number of likely N-dealkylation sites (tertiary alicyclic amines) is 1. The van der Waals surface area contributed by atoms with Crippen LogP contribution in [0.15, 0.2) is 41.0 Å². The minimum Gasteiger partial charge on any atom is -0.459 e. The van der Waals surface area contributed by atoms with Crippen molar-refractivity contribution in [3.63, 3.8) is 0 Å². The number of carbonyl (C=O) groups excluding carboxylic acids is 2. The summed E-state index contributed by atoms with van der Waals surface area (Å²) in [6.45, 7) is 1.47. The Morgan fingerprint density at radius 1 is 1.08 bits per heavy atom. The molecule has 1 saturated heterocycles. The van der Waals surface area contributed by atoms with E-state index in [0.717, 1.165) is 38.8 Å². The van der Waals surface area contributed by atoms with Crippen molar-refractivity contribution in [1.82, 2.24) is 4.90 Å². The molecule has 1 aliphatic heterocycles. The fraction of sp³-hybridized carbons (Fsp3) is 0.333. The molecule has 1 aromatic carbocycles. The third kappa shape index (κ3) is 3.79. The number of hydrogen-bond donors (Lipinski definition) is 1. The zero-order chi connectivity index (χ0) is 16.9. The Kier molecular flexibility index (Phi) is 5.20. The van der Waals surface area contributed by atoms with E-state index >= 15 is 0 Å². The van der Waals surface area contributed by atoms with Crippen LogP contribution in [0.25, 0.3) is 0 Å². The van der Waals surface area contributed by atoms with Crippen molar-refractivity contribution in [2.75, 3.05) is 18.4 Å². The van der Waals surface area contributed by atoms with E-state index in [1.54, 1.807) is 30.3 Å². The van der Waals surface area contributed by atoms with Gasteiger partial charge in [0.2, 0.25) is 0 Å². The van der Waals surface area contributed by atoms with Crippen molar-refractivity contribution in [3.8, 4) is 0 Å².